The van der Waals surface area contributed by atoms with E-state index in [2.05, 4.69) is 36.1 Å². The van der Waals surface area contributed by atoms with Gasteiger partial charge in [-0.1, -0.05) is 25.1 Å². The number of nitrogens with zero attached hydrogens (tertiary/aromatic N) is 1. The number of anilines is 1. The van der Waals surface area contributed by atoms with E-state index < -0.39 is 0 Å². The van der Waals surface area contributed by atoms with E-state index in [0.29, 0.717) is 0 Å². The van der Waals surface area contributed by atoms with E-state index in [4.69, 9.17) is 0 Å². The minimum Gasteiger partial charge on any atom is -0.365 e. The van der Waals surface area contributed by atoms with Crippen molar-refractivity contribution in [2.75, 3.05) is 4.90 Å². The summed E-state index contributed by atoms with van der Waals surface area (Å²) in [6.45, 7) is 2.34. The fraction of sp³-hybridized carbons (Fsp3) is 0.600. The smallest absolute Gasteiger partial charge is 0.0403 e. The van der Waals surface area contributed by atoms with Crippen LogP contribution in [-0.4, -0.2) is 12.1 Å². The Labute approximate surface area is 98.5 Å². The molecule has 1 aromatic rings. The molecule has 2 heterocycles. The third kappa shape index (κ3) is 1.53. The fourth-order valence-corrected chi connectivity index (χ4v) is 3.54. The summed E-state index contributed by atoms with van der Waals surface area (Å²) in [4.78, 5) is 2.74. The Morgan fingerprint density at radius 3 is 2.94 bits per heavy atom. The molecule has 0 amide bonds. The van der Waals surface area contributed by atoms with Gasteiger partial charge in [0.15, 0.2) is 0 Å². The number of benzene rings is 1. The van der Waals surface area contributed by atoms with Crippen LogP contribution in [0.1, 0.15) is 44.6 Å². The maximum atomic E-state index is 2.74. The summed E-state index contributed by atoms with van der Waals surface area (Å²) in [6, 6.07) is 10.6. The lowest BCUT2D eigenvalue weighted by atomic mass is 9.85. The van der Waals surface area contributed by atoms with Crippen LogP contribution in [0.5, 0.6) is 0 Å². The minimum atomic E-state index is 0.792. The quantitative estimate of drug-likeness (QED) is 0.689. The van der Waals surface area contributed by atoms with E-state index in [1.54, 1.807) is 5.56 Å². The number of rotatable bonds is 1. The van der Waals surface area contributed by atoms with Gasteiger partial charge in [0, 0.05) is 17.8 Å². The second kappa shape index (κ2) is 4.12. The lowest BCUT2D eigenvalue weighted by Gasteiger charge is -2.47. The molecule has 0 aromatic heterocycles. The van der Waals surface area contributed by atoms with Crippen molar-refractivity contribution < 1.29 is 0 Å². The van der Waals surface area contributed by atoms with Crippen molar-refractivity contribution in [1.82, 2.24) is 0 Å². The Kier molecular flexibility index (Phi) is 2.62. The second-order valence-electron chi connectivity index (χ2n) is 5.22. The molecular weight excluding hydrogens is 194 g/mol. The van der Waals surface area contributed by atoms with Crippen LogP contribution in [-0.2, 0) is 6.42 Å². The molecule has 2 aliphatic rings. The molecule has 1 heteroatoms. The van der Waals surface area contributed by atoms with E-state index in [-0.39, 0.29) is 0 Å². The first-order chi connectivity index (χ1) is 7.90. The highest BCUT2D eigenvalue weighted by Crippen LogP contribution is 2.38. The largest absolute Gasteiger partial charge is 0.365 e. The molecule has 2 aliphatic heterocycles. The van der Waals surface area contributed by atoms with Crippen molar-refractivity contribution in [3.63, 3.8) is 0 Å². The highest BCUT2D eigenvalue weighted by molar-refractivity contribution is 5.57. The Hall–Kier alpha value is -0.980. The minimum absolute atomic E-state index is 0.792. The average Bonchev–Trinajstić information content (AvgIpc) is 2.37. The molecule has 1 nitrogen and oxygen atoms in total. The second-order valence-corrected chi connectivity index (χ2v) is 5.22. The molecule has 1 aromatic carbocycles. The number of piperidine rings is 1. The van der Waals surface area contributed by atoms with Crippen LogP contribution in [0.25, 0.3) is 0 Å². The van der Waals surface area contributed by atoms with Crippen molar-refractivity contribution in [2.45, 2.75) is 57.5 Å². The average molecular weight is 215 g/mol. The predicted octanol–water partition coefficient (Wildman–Crippen LogP) is 3.77. The first kappa shape index (κ1) is 10.2. The van der Waals surface area contributed by atoms with Crippen molar-refractivity contribution in [2.24, 2.45) is 0 Å². The van der Waals surface area contributed by atoms with Crippen molar-refractivity contribution >= 4 is 5.69 Å². The monoisotopic (exact) mass is 215 g/mol. The van der Waals surface area contributed by atoms with Gasteiger partial charge in [0.25, 0.3) is 0 Å². The summed E-state index contributed by atoms with van der Waals surface area (Å²) in [5.41, 5.74) is 3.10. The van der Waals surface area contributed by atoms with Gasteiger partial charge in [0.05, 0.1) is 0 Å². The molecule has 86 valence electrons. The van der Waals surface area contributed by atoms with Gasteiger partial charge in [-0.3, -0.25) is 0 Å². The fourth-order valence-electron chi connectivity index (χ4n) is 3.54. The van der Waals surface area contributed by atoms with E-state index in [1.807, 2.05) is 0 Å². The zero-order valence-electron chi connectivity index (χ0n) is 10.2. The third-order valence-electron chi connectivity index (χ3n) is 4.35. The first-order valence-electron chi connectivity index (χ1n) is 6.76. The maximum absolute atomic E-state index is 2.74. The van der Waals surface area contributed by atoms with Crippen molar-refractivity contribution in [3.8, 4) is 0 Å². The van der Waals surface area contributed by atoms with Crippen LogP contribution >= 0.6 is 0 Å². The van der Waals surface area contributed by atoms with Gasteiger partial charge >= 0.3 is 0 Å². The van der Waals surface area contributed by atoms with Crippen molar-refractivity contribution in [1.29, 1.82) is 0 Å². The van der Waals surface area contributed by atoms with Crippen LogP contribution in [0.2, 0.25) is 0 Å². The summed E-state index contributed by atoms with van der Waals surface area (Å²) < 4.78 is 0. The predicted molar refractivity (Wildman–Crippen MR) is 69.0 cm³/mol. The summed E-state index contributed by atoms with van der Waals surface area (Å²) in [5.74, 6) is 0. The zero-order chi connectivity index (χ0) is 11.0. The third-order valence-corrected chi connectivity index (χ3v) is 4.35. The first-order valence-corrected chi connectivity index (χ1v) is 6.76. The number of fused-ring (bicyclic) bond motifs is 3. The number of hydrogen-bond acceptors (Lipinski definition) is 1. The molecule has 2 unspecified atom stereocenters. The van der Waals surface area contributed by atoms with Crippen LogP contribution < -0.4 is 4.90 Å². The number of para-hydroxylation sites is 1. The Morgan fingerprint density at radius 1 is 1.19 bits per heavy atom. The summed E-state index contributed by atoms with van der Waals surface area (Å²) >= 11 is 0. The molecule has 0 aliphatic carbocycles. The number of aryl methyl sites for hydroxylation is 1. The summed E-state index contributed by atoms with van der Waals surface area (Å²) in [5, 5.41) is 0. The topological polar surface area (TPSA) is 3.24 Å². The SMILES string of the molecule is CCC1CCCC2CCc3ccccc3N12. The van der Waals surface area contributed by atoms with Gasteiger partial charge in [0.2, 0.25) is 0 Å². The molecule has 0 bridgehead atoms. The molecule has 0 saturated carbocycles. The molecule has 1 fully saturated rings. The Morgan fingerprint density at radius 2 is 2.06 bits per heavy atom. The molecule has 0 radical (unpaired) electrons. The van der Waals surface area contributed by atoms with Crippen LogP contribution in [0.3, 0.4) is 0 Å². The highest BCUT2D eigenvalue weighted by atomic mass is 15.2. The van der Waals surface area contributed by atoms with E-state index in [1.165, 1.54) is 44.2 Å². The summed E-state index contributed by atoms with van der Waals surface area (Å²) in [6.07, 6.45) is 8.18. The lowest BCUT2D eigenvalue weighted by Crippen LogP contribution is -2.49. The van der Waals surface area contributed by atoms with Gasteiger partial charge < -0.3 is 4.90 Å². The molecule has 2 atom stereocenters. The van der Waals surface area contributed by atoms with Gasteiger partial charge in [-0.15, -0.1) is 0 Å². The van der Waals surface area contributed by atoms with E-state index in [0.717, 1.165) is 12.1 Å². The molecule has 0 N–H and O–H groups in total. The molecule has 3 rings (SSSR count). The van der Waals surface area contributed by atoms with E-state index in [9.17, 15) is 0 Å². The molecule has 0 spiro atoms. The number of hydrogen-bond donors (Lipinski definition) is 0. The van der Waals surface area contributed by atoms with E-state index >= 15 is 0 Å². The van der Waals surface area contributed by atoms with Crippen molar-refractivity contribution in [3.05, 3.63) is 29.8 Å². The molecular formula is C15H21N. The highest BCUT2D eigenvalue weighted by Gasteiger charge is 2.33. The van der Waals surface area contributed by atoms with Crippen LogP contribution in [0.4, 0.5) is 5.69 Å². The van der Waals surface area contributed by atoms with Gasteiger partial charge in [-0.25, -0.2) is 0 Å². The van der Waals surface area contributed by atoms with Crippen LogP contribution in [0, 0.1) is 0 Å². The molecule has 16 heavy (non-hydrogen) atoms. The maximum Gasteiger partial charge on any atom is 0.0403 e. The van der Waals surface area contributed by atoms with Crippen LogP contribution in [0.15, 0.2) is 24.3 Å². The zero-order valence-corrected chi connectivity index (χ0v) is 10.2. The lowest BCUT2D eigenvalue weighted by molar-refractivity contribution is 0.350. The standard InChI is InChI=1S/C15H21N/c1-2-13-7-5-8-14-11-10-12-6-3-4-9-15(12)16(13)14/h3-4,6,9,13-14H,2,5,7-8,10-11H2,1H3. The Balaban J connectivity index is 2.00. The normalized spacial score (nSPS) is 28.4. The molecule has 1 saturated heterocycles. The van der Waals surface area contributed by atoms with Gasteiger partial charge in [-0.05, 0) is 50.2 Å². The Bertz CT molecular complexity index is 371. The van der Waals surface area contributed by atoms with Gasteiger partial charge in [-0.2, -0.15) is 0 Å². The summed E-state index contributed by atoms with van der Waals surface area (Å²) in [7, 11) is 0. The van der Waals surface area contributed by atoms with Gasteiger partial charge in [0.1, 0.15) is 0 Å².